The van der Waals surface area contributed by atoms with Crippen molar-refractivity contribution >= 4 is 0 Å². The number of aliphatic hydroxyl groups excluding tert-OH is 1. The predicted octanol–water partition coefficient (Wildman–Crippen LogP) is 4.14. The Bertz CT molecular complexity index is 564. The van der Waals surface area contributed by atoms with Crippen molar-refractivity contribution < 1.29 is 5.11 Å². The van der Waals surface area contributed by atoms with E-state index in [1.807, 2.05) is 49.0 Å². The first-order valence-corrected chi connectivity index (χ1v) is 7.85. The van der Waals surface area contributed by atoms with Crippen LogP contribution in [0.25, 0.3) is 0 Å². The van der Waals surface area contributed by atoms with E-state index >= 15 is 0 Å². The lowest BCUT2D eigenvalue weighted by atomic mass is 9.95. The summed E-state index contributed by atoms with van der Waals surface area (Å²) in [6.07, 6.45) is 4.27. The van der Waals surface area contributed by atoms with Crippen LogP contribution in [0.1, 0.15) is 61.2 Å². The maximum absolute atomic E-state index is 10.5. The third kappa shape index (κ3) is 3.53. The van der Waals surface area contributed by atoms with Crippen LogP contribution in [0.4, 0.5) is 0 Å². The minimum Gasteiger partial charge on any atom is -0.388 e. The summed E-state index contributed by atoms with van der Waals surface area (Å²) in [6.45, 7) is 8.46. The molecule has 0 aliphatic carbocycles. The fourth-order valence-electron chi connectivity index (χ4n) is 3.01. The van der Waals surface area contributed by atoms with E-state index in [2.05, 4.69) is 18.9 Å². The molecule has 0 aliphatic rings. The van der Waals surface area contributed by atoms with Gasteiger partial charge in [-0.2, -0.15) is 5.10 Å². The number of benzene rings is 1. The molecule has 1 unspecified atom stereocenters. The first-order chi connectivity index (χ1) is 10.1. The standard InChI is InChI=1S/C18H26N2O/c1-5-16(6-2)20-11-10-15(19-20)12-17(21)18-13(3)8-7-9-14(18)4/h7-11,16-17,21H,5-6,12H2,1-4H3. The van der Waals surface area contributed by atoms with Gasteiger partial charge in [0.25, 0.3) is 0 Å². The average molecular weight is 286 g/mol. The van der Waals surface area contributed by atoms with E-state index in [1.54, 1.807) is 0 Å². The number of hydrogen-bond acceptors (Lipinski definition) is 2. The van der Waals surface area contributed by atoms with Gasteiger partial charge >= 0.3 is 0 Å². The van der Waals surface area contributed by atoms with Crippen molar-refractivity contribution in [3.8, 4) is 0 Å². The predicted molar refractivity (Wildman–Crippen MR) is 86.4 cm³/mol. The van der Waals surface area contributed by atoms with Gasteiger partial charge < -0.3 is 5.11 Å². The lowest BCUT2D eigenvalue weighted by Gasteiger charge is -2.16. The topological polar surface area (TPSA) is 38.0 Å². The Morgan fingerprint density at radius 3 is 2.29 bits per heavy atom. The third-order valence-corrected chi connectivity index (χ3v) is 4.26. The summed E-state index contributed by atoms with van der Waals surface area (Å²) in [7, 11) is 0. The molecule has 114 valence electrons. The van der Waals surface area contributed by atoms with Gasteiger partial charge in [-0.25, -0.2) is 0 Å². The van der Waals surface area contributed by atoms with E-state index in [4.69, 9.17) is 0 Å². The Labute approximate surface area is 127 Å². The highest BCUT2D eigenvalue weighted by molar-refractivity contribution is 5.35. The first-order valence-electron chi connectivity index (χ1n) is 7.85. The molecule has 2 rings (SSSR count). The van der Waals surface area contributed by atoms with Crippen molar-refractivity contribution in [2.45, 2.75) is 59.1 Å². The zero-order chi connectivity index (χ0) is 15.4. The van der Waals surface area contributed by atoms with Gasteiger partial charge in [0.15, 0.2) is 0 Å². The van der Waals surface area contributed by atoms with Gasteiger partial charge in [-0.1, -0.05) is 32.0 Å². The minimum atomic E-state index is -0.490. The molecule has 0 saturated heterocycles. The van der Waals surface area contributed by atoms with Crippen LogP contribution in [0.15, 0.2) is 30.5 Å². The number of aryl methyl sites for hydroxylation is 2. The molecule has 0 spiro atoms. The molecule has 3 nitrogen and oxygen atoms in total. The second kappa shape index (κ2) is 6.90. The Hall–Kier alpha value is -1.61. The van der Waals surface area contributed by atoms with Crippen LogP contribution in [0.5, 0.6) is 0 Å². The fourth-order valence-corrected chi connectivity index (χ4v) is 3.01. The molecule has 1 aromatic heterocycles. The smallest absolute Gasteiger partial charge is 0.0851 e. The average Bonchev–Trinajstić information content (AvgIpc) is 2.88. The highest BCUT2D eigenvalue weighted by atomic mass is 16.3. The Morgan fingerprint density at radius 2 is 1.71 bits per heavy atom. The van der Waals surface area contributed by atoms with Crippen LogP contribution >= 0.6 is 0 Å². The van der Waals surface area contributed by atoms with Crippen molar-refractivity contribution in [2.75, 3.05) is 0 Å². The SMILES string of the molecule is CCC(CC)n1ccc(CC(O)c2c(C)cccc2C)n1. The normalized spacial score (nSPS) is 12.9. The lowest BCUT2D eigenvalue weighted by Crippen LogP contribution is -2.10. The maximum Gasteiger partial charge on any atom is 0.0851 e. The Morgan fingerprint density at radius 1 is 1.10 bits per heavy atom. The number of rotatable bonds is 6. The molecule has 0 radical (unpaired) electrons. The number of aliphatic hydroxyl groups is 1. The van der Waals surface area contributed by atoms with E-state index in [1.165, 1.54) is 0 Å². The van der Waals surface area contributed by atoms with Gasteiger partial charge in [0.05, 0.1) is 17.8 Å². The number of hydrogen-bond donors (Lipinski definition) is 1. The summed E-state index contributed by atoms with van der Waals surface area (Å²) >= 11 is 0. The van der Waals surface area contributed by atoms with Gasteiger partial charge in [0.2, 0.25) is 0 Å². The summed E-state index contributed by atoms with van der Waals surface area (Å²) < 4.78 is 2.03. The second-order valence-corrected chi connectivity index (χ2v) is 5.78. The highest BCUT2D eigenvalue weighted by Crippen LogP contribution is 2.25. The summed E-state index contributed by atoms with van der Waals surface area (Å²) in [4.78, 5) is 0. The molecule has 1 atom stereocenters. The molecule has 0 aliphatic heterocycles. The number of nitrogens with zero attached hydrogens (tertiary/aromatic N) is 2. The molecule has 1 N–H and O–H groups in total. The lowest BCUT2D eigenvalue weighted by molar-refractivity contribution is 0.175. The van der Waals surface area contributed by atoms with Crippen LogP contribution in [-0.2, 0) is 6.42 Å². The fraction of sp³-hybridized carbons (Fsp3) is 0.500. The Balaban J connectivity index is 2.15. The summed E-state index contributed by atoms with van der Waals surface area (Å²) in [6, 6.07) is 8.61. The van der Waals surface area contributed by atoms with Crippen LogP contribution < -0.4 is 0 Å². The van der Waals surface area contributed by atoms with Crippen molar-refractivity contribution in [1.82, 2.24) is 9.78 Å². The summed E-state index contributed by atoms with van der Waals surface area (Å²) in [5, 5.41) is 15.2. The molecular formula is C18H26N2O. The van der Waals surface area contributed by atoms with Crippen LogP contribution in [0.2, 0.25) is 0 Å². The zero-order valence-corrected chi connectivity index (χ0v) is 13.5. The van der Waals surface area contributed by atoms with Crippen molar-refractivity contribution in [2.24, 2.45) is 0 Å². The van der Waals surface area contributed by atoms with E-state index < -0.39 is 6.10 Å². The molecule has 0 saturated carbocycles. The maximum atomic E-state index is 10.5. The van der Waals surface area contributed by atoms with Gasteiger partial charge in [0.1, 0.15) is 0 Å². The molecule has 0 bridgehead atoms. The Kier molecular flexibility index (Phi) is 5.18. The summed E-state index contributed by atoms with van der Waals surface area (Å²) in [5.41, 5.74) is 4.27. The second-order valence-electron chi connectivity index (χ2n) is 5.78. The molecule has 2 aromatic rings. The molecule has 21 heavy (non-hydrogen) atoms. The molecule has 1 heterocycles. The monoisotopic (exact) mass is 286 g/mol. The van der Waals surface area contributed by atoms with Crippen LogP contribution in [0.3, 0.4) is 0 Å². The zero-order valence-electron chi connectivity index (χ0n) is 13.5. The first kappa shape index (κ1) is 15.8. The van der Waals surface area contributed by atoms with E-state index in [0.717, 1.165) is 35.2 Å². The van der Waals surface area contributed by atoms with Crippen molar-refractivity contribution in [3.05, 3.63) is 52.8 Å². The molecule has 1 aromatic carbocycles. The molecule has 0 fully saturated rings. The highest BCUT2D eigenvalue weighted by Gasteiger charge is 2.16. The van der Waals surface area contributed by atoms with Crippen molar-refractivity contribution in [1.29, 1.82) is 0 Å². The quantitative estimate of drug-likeness (QED) is 0.866. The largest absolute Gasteiger partial charge is 0.388 e. The molecule has 3 heteroatoms. The van der Waals surface area contributed by atoms with E-state index in [0.29, 0.717) is 12.5 Å². The molecule has 0 amide bonds. The minimum absolute atomic E-state index is 0.455. The van der Waals surface area contributed by atoms with E-state index in [9.17, 15) is 5.11 Å². The number of aromatic nitrogens is 2. The van der Waals surface area contributed by atoms with Crippen LogP contribution in [-0.4, -0.2) is 14.9 Å². The third-order valence-electron chi connectivity index (χ3n) is 4.26. The van der Waals surface area contributed by atoms with Gasteiger partial charge in [-0.05, 0) is 49.4 Å². The van der Waals surface area contributed by atoms with Gasteiger partial charge in [-0.15, -0.1) is 0 Å². The molecular weight excluding hydrogens is 260 g/mol. The summed E-state index contributed by atoms with van der Waals surface area (Å²) in [5.74, 6) is 0. The van der Waals surface area contributed by atoms with Gasteiger partial charge in [-0.3, -0.25) is 4.68 Å². The van der Waals surface area contributed by atoms with Gasteiger partial charge in [0, 0.05) is 12.6 Å². The van der Waals surface area contributed by atoms with Crippen molar-refractivity contribution in [3.63, 3.8) is 0 Å². The van der Waals surface area contributed by atoms with Crippen LogP contribution in [0, 0.1) is 13.8 Å². The van der Waals surface area contributed by atoms with E-state index in [-0.39, 0.29) is 0 Å².